The van der Waals surface area contributed by atoms with Crippen molar-refractivity contribution in [3.8, 4) is 0 Å². The van der Waals surface area contributed by atoms with Crippen molar-refractivity contribution < 1.29 is 5.11 Å². The van der Waals surface area contributed by atoms with Crippen molar-refractivity contribution in [2.24, 2.45) is 0 Å². The lowest BCUT2D eigenvalue weighted by Gasteiger charge is -2.43. The predicted octanol–water partition coefficient (Wildman–Crippen LogP) is 1.22. The van der Waals surface area contributed by atoms with Gasteiger partial charge in [0, 0.05) is 18.1 Å². The zero-order valence-corrected chi connectivity index (χ0v) is 10.5. The molecule has 0 aromatic rings. The Balaban J connectivity index is 2.64. The largest absolute Gasteiger partial charge is 0.392 e. The van der Waals surface area contributed by atoms with Crippen LogP contribution >= 0.6 is 0 Å². The molecule has 1 aliphatic rings. The molecule has 0 amide bonds. The van der Waals surface area contributed by atoms with Crippen LogP contribution in [0.4, 0.5) is 0 Å². The summed E-state index contributed by atoms with van der Waals surface area (Å²) in [5, 5.41) is 13.0. The first kappa shape index (κ1) is 12.9. The number of nitrogens with one attached hydrogen (secondary N) is 1. The van der Waals surface area contributed by atoms with Crippen LogP contribution in [0.2, 0.25) is 0 Å². The van der Waals surface area contributed by atoms with Gasteiger partial charge in [-0.25, -0.2) is 0 Å². The highest BCUT2D eigenvalue weighted by Gasteiger charge is 2.31. The van der Waals surface area contributed by atoms with Gasteiger partial charge >= 0.3 is 0 Å². The topological polar surface area (TPSA) is 35.5 Å². The third kappa shape index (κ3) is 3.16. The summed E-state index contributed by atoms with van der Waals surface area (Å²) in [6.07, 6.45) is 3.60. The molecule has 90 valence electrons. The zero-order valence-electron chi connectivity index (χ0n) is 10.5. The van der Waals surface area contributed by atoms with Gasteiger partial charge in [0.15, 0.2) is 0 Å². The van der Waals surface area contributed by atoms with E-state index in [2.05, 4.69) is 24.1 Å². The molecule has 0 spiro atoms. The number of hydrogen-bond donors (Lipinski definition) is 2. The molecular weight excluding hydrogens is 188 g/mol. The summed E-state index contributed by atoms with van der Waals surface area (Å²) in [5.74, 6) is 0. The van der Waals surface area contributed by atoms with Crippen molar-refractivity contribution in [2.45, 2.75) is 64.3 Å². The van der Waals surface area contributed by atoms with Crippen LogP contribution in [-0.4, -0.2) is 47.8 Å². The Bertz CT molecular complexity index is 184. The van der Waals surface area contributed by atoms with Crippen LogP contribution in [0.25, 0.3) is 0 Å². The fourth-order valence-corrected chi connectivity index (χ4v) is 2.49. The summed E-state index contributed by atoms with van der Waals surface area (Å²) in [6, 6.07) is 1.35. The van der Waals surface area contributed by atoms with Gasteiger partial charge in [-0.15, -0.1) is 0 Å². The fourth-order valence-electron chi connectivity index (χ4n) is 2.49. The molecule has 3 heteroatoms. The molecule has 1 rings (SSSR count). The highest BCUT2D eigenvalue weighted by Crippen LogP contribution is 2.23. The van der Waals surface area contributed by atoms with E-state index < -0.39 is 0 Å². The minimum absolute atomic E-state index is 0.241. The Kier molecular flexibility index (Phi) is 5.03. The lowest BCUT2D eigenvalue weighted by atomic mass is 9.94. The van der Waals surface area contributed by atoms with E-state index in [0.717, 1.165) is 6.54 Å². The Morgan fingerprint density at radius 2 is 1.93 bits per heavy atom. The van der Waals surface area contributed by atoms with Crippen molar-refractivity contribution in [3.63, 3.8) is 0 Å². The van der Waals surface area contributed by atoms with Gasteiger partial charge in [-0.3, -0.25) is 4.90 Å². The van der Waals surface area contributed by atoms with E-state index >= 15 is 0 Å². The van der Waals surface area contributed by atoms with Crippen molar-refractivity contribution in [1.82, 2.24) is 10.2 Å². The standard InChI is InChI=1S/C12H26N2O/c1-9(13-4)12-7-5-6-8-14(12)10(2)11(3)15/h9-13,15H,5-8H2,1-4H3. The van der Waals surface area contributed by atoms with E-state index in [0.29, 0.717) is 12.1 Å². The molecule has 0 aromatic carbocycles. The molecule has 4 unspecified atom stereocenters. The van der Waals surface area contributed by atoms with Gasteiger partial charge in [-0.2, -0.15) is 0 Å². The Hall–Kier alpha value is -0.120. The third-order valence-corrected chi connectivity index (χ3v) is 3.85. The first-order chi connectivity index (χ1) is 7.07. The van der Waals surface area contributed by atoms with Gasteiger partial charge in [0.2, 0.25) is 0 Å². The number of likely N-dealkylation sites (N-methyl/N-ethyl adjacent to an activating group) is 1. The van der Waals surface area contributed by atoms with Crippen LogP contribution in [0, 0.1) is 0 Å². The van der Waals surface area contributed by atoms with Crippen molar-refractivity contribution >= 4 is 0 Å². The van der Waals surface area contributed by atoms with E-state index in [1.165, 1.54) is 19.3 Å². The van der Waals surface area contributed by atoms with Gasteiger partial charge in [-0.1, -0.05) is 6.42 Å². The van der Waals surface area contributed by atoms with E-state index in [9.17, 15) is 5.11 Å². The molecule has 15 heavy (non-hydrogen) atoms. The Morgan fingerprint density at radius 3 is 2.47 bits per heavy atom. The summed E-state index contributed by atoms with van der Waals surface area (Å²) in [7, 11) is 2.02. The molecule has 0 bridgehead atoms. The number of aliphatic hydroxyl groups excluding tert-OH is 1. The van der Waals surface area contributed by atoms with Crippen LogP contribution < -0.4 is 5.32 Å². The van der Waals surface area contributed by atoms with Gasteiger partial charge in [-0.05, 0) is 47.2 Å². The molecule has 0 saturated carbocycles. The monoisotopic (exact) mass is 214 g/mol. The average molecular weight is 214 g/mol. The maximum Gasteiger partial charge on any atom is 0.0664 e. The summed E-state index contributed by atoms with van der Waals surface area (Å²) in [4.78, 5) is 2.47. The molecule has 3 nitrogen and oxygen atoms in total. The third-order valence-electron chi connectivity index (χ3n) is 3.85. The number of nitrogens with zero attached hydrogens (tertiary/aromatic N) is 1. The van der Waals surface area contributed by atoms with Crippen LogP contribution in [0.1, 0.15) is 40.0 Å². The number of likely N-dealkylation sites (tertiary alicyclic amines) is 1. The van der Waals surface area contributed by atoms with Crippen molar-refractivity contribution in [3.05, 3.63) is 0 Å². The van der Waals surface area contributed by atoms with Crippen LogP contribution in [0.5, 0.6) is 0 Å². The van der Waals surface area contributed by atoms with Gasteiger partial charge in [0.25, 0.3) is 0 Å². The van der Waals surface area contributed by atoms with Crippen molar-refractivity contribution in [2.75, 3.05) is 13.6 Å². The van der Waals surface area contributed by atoms with E-state index in [1.54, 1.807) is 0 Å². The summed E-state index contributed by atoms with van der Waals surface area (Å²) < 4.78 is 0. The SMILES string of the molecule is CNC(C)C1CCCCN1C(C)C(C)O. The number of rotatable bonds is 4. The van der Waals surface area contributed by atoms with E-state index in [-0.39, 0.29) is 12.1 Å². The molecule has 0 aromatic heterocycles. The first-order valence-corrected chi connectivity index (χ1v) is 6.19. The predicted molar refractivity (Wildman–Crippen MR) is 64.0 cm³/mol. The maximum atomic E-state index is 9.68. The lowest BCUT2D eigenvalue weighted by molar-refractivity contribution is 0.0149. The minimum Gasteiger partial charge on any atom is -0.392 e. The van der Waals surface area contributed by atoms with E-state index in [4.69, 9.17) is 0 Å². The first-order valence-electron chi connectivity index (χ1n) is 6.19. The van der Waals surface area contributed by atoms with E-state index in [1.807, 2.05) is 14.0 Å². The number of aliphatic hydroxyl groups is 1. The molecule has 1 aliphatic heterocycles. The Labute approximate surface area is 93.9 Å². The summed E-state index contributed by atoms with van der Waals surface area (Å²) >= 11 is 0. The number of hydrogen-bond acceptors (Lipinski definition) is 3. The van der Waals surface area contributed by atoms with Crippen LogP contribution in [0.3, 0.4) is 0 Å². The minimum atomic E-state index is -0.241. The molecule has 2 N–H and O–H groups in total. The van der Waals surface area contributed by atoms with Crippen LogP contribution in [0.15, 0.2) is 0 Å². The molecule has 0 radical (unpaired) electrons. The summed E-state index contributed by atoms with van der Waals surface area (Å²) in [5.41, 5.74) is 0. The molecule has 4 atom stereocenters. The molecular formula is C12H26N2O. The van der Waals surface area contributed by atoms with Crippen LogP contribution in [-0.2, 0) is 0 Å². The van der Waals surface area contributed by atoms with Gasteiger partial charge < -0.3 is 10.4 Å². The highest BCUT2D eigenvalue weighted by atomic mass is 16.3. The smallest absolute Gasteiger partial charge is 0.0664 e. The second-order valence-electron chi connectivity index (χ2n) is 4.86. The molecule has 1 heterocycles. The molecule has 0 aliphatic carbocycles. The maximum absolute atomic E-state index is 9.68. The second-order valence-corrected chi connectivity index (χ2v) is 4.86. The van der Waals surface area contributed by atoms with Gasteiger partial charge in [0.05, 0.1) is 6.10 Å². The Morgan fingerprint density at radius 1 is 1.27 bits per heavy atom. The molecule has 1 fully saturated rings. The molecule has 1 saturated heterocycles. The highest BCUT2D eigenvalue weighted by molar-refractivity contribution is 4.88. The normalized spacial score (nSPS) is 29.8. The lowest BCUT2D eigenvalue weighted by Crippen LogP contribution is -2.55. The average Bonchev–Trinajstić information content (AvgIpc) is 2.27. The fraction of sp³-hybridized carbons (Fsp3) is 1.00. The second kappa shape index (κ2) is 5.83. The van der Waals surface area contributed by atoms with Crippen molar-refractivity contribution in [1.29, 1.82) is 0 Å². The zero-order chi connectivity index (χ0) is 11.4. The van der Waals surface area contributed by atoms with Gasteiger partial charge in [0.1, 0.15) is 0 Å². The quantitative estimate of drug-likeness (QED) is 0.738. The number of piperidine rings is 1. The summed E-state index contributed by atoms with van der Waals surface area (Å²) in [6.45, 7) is 7.38.